The Morgan fingerprint density at radius 3 is 2.27 bits per heavy atom. The summed E-state index contributed by atoms with van der Waals surface area (Å²) >= 11 is 3.66. The second-order valence-corrected chi connectivity index (χ2v) is 5.87. The molecule has 0 bridgehead atoms. The highest BCUT2D eigenvalue weighted by atomic mass is 79.9. The lowest BCUT2D eigenvalue weighted by molar-refractivity contribution is -0.0397. The molecule has 2 heteroatoms. The molecule has 2 fully saturated rings. The standard InChI is InChI=1S/C13H23BrO/c14-11-13(8-3-1-2-4-9-13)15-10-7-12-5-6-12/h12H,1-11H2. The maximum atomic E-state index is 6.20. The van der Waals surface area contributed by atoms with Crippen LogP contribution in [0.1, 0.15) is 57.8 Å². The van der Waals surface area contributed by atoms with E-state index in [4.69, 9.17) is 4.74 Å². The second kappa shape index (κ2) is 5.67. The molecular formula is C13H23BrO. The van der Waals surface area contributed by atoms with Gasteiger partial charge in [0.15, 0.2) is 0 Å². The van der Waals surface area contributed by atoms with Crippen LogP contribution in [0.5, 0.6) is 0 Å². The Labute approximate surface area is 102 Å². The summed E-state index contributed by atoms with van der Waals surface area (Å²) in [4.78, 5) is 0. The molecule has 88 valence electrons. The lowest BCUT2D eigenvalue weighted by Crippen LogP contribution is -2.34. The Bertz CT molecular complexity index is 181. The van der Waals surface area contributed by atoms with E-state index in [1.165, 1.54) is 57.8 Å². The van der Waals surface area contributed by atoms with Gasteiger partial charge < -0.3 is 4.74 Å². The van der Waals surface area contributed by atoms with Crippen LogP contribution in [0.25, 0.3) is 0 Å². The zero-order valence-corrected chi connectivity index (χ0v) is 11.2. The third kappa shape index (κ3) is 3.74. The van der Waals surface area contributed by atoms with Crippen molar-refractivity contribution in [1.82, 2.24) is 0 Å². The molecule has 0 saturated heterocycles. The van der Waals surface area contributed by atoms with Gasteiger partial charge in [0.1, 0.15) is 0 Å². The topological polar surface area (TPSA) is 9.23 Å². The van der Waals surface area contributed by atoms with E-state index in [0.717, 1.165) is 17.9 Å². The van der Waals surface area contributed by atoms with Gasteiger partial charge in [-0.25, -0.2) is 0 Å². The third-order valence-electron chi connectivity index (χ3n) is 3.89. The van der Waals surface area contributed by atoms with Crippen LogP contribution in [-0.2, 0) is 4.74 Å². The van der Waals surface area contributed by atoms with Crippen LogP contribution >= 0.6 is 15.9 Å². The fourth-order valence-electron chi connectivity index (χ4n) is 2.54. The van der Waals surface area contributed by atoms with Crippen molar-refractivity contribution in [2.45, 2.75) is 63.4 Å². The summed E-state index contributed by atoms with van der Waals surface area (Å²) in [7, 11) is 0. The van der Waals surface area contributed by atoms with E-state index in [-0.39, 0.29) is 5.60 Å². The fraction of sp³-hybridized carbons (Fsp3) is 1.00. The molecule has 15 heavy (non-hydrogen) atoms. The van der Waals surface area contributed by atoms with Gasteiger partial charge in [-0.15, -0.1) is 0 Å². The highest BCUT2D eigenvalue weighted by Gasteiger charge is 2.31. The van der Waals surface area contributed by atoms with Crippen LogP contribution in [0.2, 0.25) is 0 Å². The summed E-state index contributed by atoms with van der Waals surface area (Å²) in [6.45, 7) is 0.996. The first-order valence-corrected chi connectivity index (χ1v) is 7.67. The molecule has 0 N–H and O–H groups in total. The molecule has 0 heterocycles. The van der Waals surface area contributed by atoms with Crippen molar-refractivity contribution in [2.75, 3.05) is 11.9 Å². The molecule has 0 radical (unpaired) electrons. The lowest BCUT2D eigenvalue weighted by Gasteiger charge is -2.31. The number of halogens is 1. The molecule has 0 aliphatic heterocycles. The van der Waals surface area contributed by atoms with E-state index in [0.29, 0.717) is 0 Å². The van der Waals surface area contributed by atoms with Crippen molar-refractivity contribution in [1.29, 1.82) is 0 Å². The van der Waals surface area contributed by atoms with Crippen LogP contribution < -0.4 is 0 Å². The van der Waals surface area contributed by atoms with E-state index in [1.54, 1.807) is 0 Å². The Balaban J connectivity index is 1.75. The molecule has 0 unspecified atom stereocenters. The predicted molar refractivity (Wildman–Crippen MR) is 67.5 cm³/mol. The van der Waals surface area contributed by atoms with Crippen LogP contribution in [0.15, 0.2) is 0 Å². The van der Waals surface area contributed by atoms with Crippen molar-refractivity contribution in [3.8, 4) is 0 Å². The van der Waals surface area contributed by atoms with Gasteiger partial charge in [0.05, 0.1) is 5.60 Å². The molecule has 2 rings (SSSR count). The molecule has 0 aromatic heterocycles. The van der Waals surface area contributed by atoms with E-state index < -0.39 is 0 Å². The monoisotopic (exact) mass is 274 g/mol. The molecule has 2 aliphatic rings. The first-order chi connectivity index (χ1) is 7.35. The zero-order valence-electron chi connectivity index (χ0n) is 9.64. The molecule has 0 amide bonds. The zero-order chi connectivity index (χ0) is 10.6. The van der Waals surface area contributed by atoms with Crippen molar-refractivity contribution in [3.63, 3.8) is 0 Å². The van der Waals surface area contributed by atoms with Gasteiger partial charge in [-0.05, 0) is 25.2 Å². The quantitative estimate of drug-likeness (QED) is 0.537. The maximum absolute atomic E-state index is 6.20. The molecular weight excluding hydrogens is 252 g/mol. The van der Waals surface area contributed by atoms with E-state index in [1.807, 2.05) is 0 Å². The van der Waals surface area contributed by atoms with Crippen LogP contribution in [0.4, 0.5) is 0 Å². The summed E-state index contributed by atoms with van der Waals surface area (Å²) < 4.78 is 6.20. The first-order valence-electron chi connectivity index (χ1n) is 6.55. The molecule has 2 aliphatic carbocycles. The van der Waals surface area contributed by atoms with Gasteiger partial charge in [-0.1, -0.05) is 54.5 Å². The third-order valence-corrected chi connectivity index (χ3v) is 4.91. The van der Waals surface area contributed by atoms with E-state index in [9.17, 15) is 0 Å². The van der Waals surface area contributed by atoms with Crippen molar-refractivity contribution < 1.29 is 4.74 Å². The summed E-state index contributed by atoms with van der Waals surface area (Å²) in [6, 6.07) is 0. The van der Waals surface area contributed by atoms with Crippen molar-refractivity contribution >= 4 is 15.9 Å². The number of hydrogen-bond acceptors (Lipinski definition) is 1. The predicted octanol–water partition coefficient (Wildman–Crippen LogP) is 4.29. The van der Waals surface area contributed by atoms with Crippen molar-refractivity contribution in [3.05, 3.63) is 0 Å². The Kier molecular flexibility index (Phi) is 4.51. The minimum absolute atomic E-state index is 0.186. The first kappa shape index (κ1) is 11.9. The van der Waals surface area contributed by atoms with Crippen LogP contribution in [-0.4, -0.2) is 17.5 Å². The average molecular weight is 275 g/mol. The van der Waals surface area contributed by atoms with Gasteiger partial charge in [-0.3, -0.25) is 0 Å². The summed E-state index contributed by atoms with van der Waals surface area (Å²) in [5.41, 5.74) is 0.186. The van der Waals surface area contributed by atoms with Gasteiger partial charge in [0, 0.05) is 11.9 Å². The molecule has 0 aromatic carbocycles. The van der Waals surface area contributed by atoms with Crippen LogP contribution in [0, 0.1) is 5.92 Å². The van der Waals surface area contributed by atoms with E-state index in [2.05, 4.69) is 15.9 Å². The van der Waals surface area contributed by atoms with Gasteiger partial charge in [-0.2, -0.15) is 0 Å². The Hall–Kier alpha value is 0.440. The molecule has 0 aromatic rings. The normalized spacial score (nSPS) is 26.2. The Morgan fingerprint density at radius 1 is 1.07 bits per heavy atom. The number of rotatable bonds is 5. The molecule has 2 saturated carbocycles. The minimum Gasteiger partial charge on any atom is -0.374 e. The second-order valence-electron chi connectivity index (χ2n) is 5.31. The number of hydrogen-bond donors (Lipinski definition) is 0. The van der Waals surface area contributed by atoms with Gasteiger partial charge in [0.2, 0.25) is 0 Å². The SMILES string of the molecule is BrCC1(OCCC2CC2)CCCCCC1. The van der Waals surface area contributed by atoms with Crippen LogP contribution in [0.3, 0.4) is 0 Å². The maximum Gasteiger partial charge on any atom is 0.0778 e. The fourth-order valence-corrected chi connectivity index (χ4v) is 3.26. The minimum atomic E-state index is 0.186. The van der Waals surface area contributed by atoms with E-state index >= 15 is 0 Å². The summed E-state index contributed by atoms with van der Waals surface area (Å²) in [5, 5.41) is 1.03. The molecule has 0 spiro atoms. The van der Waals surface area contributed by atoms with Gasteiger partial charge >= 0.3 is 0 Å². The summed E-state index contributed by atoms with van der Waals surface area (Å²) in [6.07, 6.45) is 12.3. The smallest absolute Gasteiger partial charge is 0.0778 e. The highest BCUT2D eigenvalue weighted by molar-refractivity contribution is 9.09. The summed E-state index contributed by atoms with van der Waals surface area (Å²) in [5.74, 6) is 1.00. The van der Waals surface area contributed by atoms with Gasteiger partial charge in [0.25, 0.3) is 0 Å². The largest absolute Gasteiger partial charge is 0.374 e. The Morgan fingerprint density at radius 2 is 1.73 bits per heavy atom. The highest BCUT2D eigenvalue weighted by Crippen LogP contribution is 2.35. The average Bonchev–Trinajstić information content (AvgIpc) is 3.05. The molecule has 1 nitrogen and oxygen atoms in total. The number of alkyl halides is 1. The lowest BCUT2D eigenvalue weighted by atomic mass is 9.97. The molecule has 0 atom stereocenters. The van der Waals surface area contributed by atoms with Crippen molar-refractivity contribution in [2.24, 2.45) is 5.92 Å². The number of ether oxygens (including phenoxy) is 1.